The molecule has 27 heavy (non-hydrogen) atoms. The van der Waals surface area contributed by atoms with Gasteiger partial charge >= 0.3 is 0 Å². The second-order valence-corrected chi connectivity index (χ2v) is 6.66. The highest BCUT2D eigenvalue weighted by molar-refractivity contribution is 7.17. The molecule has 0 aliphatic heterocycles. The smallest absolute Gasteiger partial charge is 0.279 e. The van der Waals surface area contributed by atoms with Gasteiger partial charge in [-0.1, -0.05) is 11.2 Å². The molecule has 138 valence electrons. The Bertz CT molecular complexity index is 1020. The Labute approximate surface area is 157 Å². The quantitative estimate of drug-likeness (QED) is 0.524. The number of nitro groups is 1. The molecule has 0 aliphatic carbocycles. The Morgan fingerprint density at radius 2 is 1.89 bits per heavy atom. The van der Waals surface area contributed by atoms with Gasteiger partial charge in [0.2, 0.25) is 0 Å². The van der Waals surface area contributed by atoms with Gasteiger partial charge in [0.05, 0.1) is 21.1 Å². The van der Waals surface area contributed by atoms with Crippen molar-refractivity contribution in [1.29, 1.82) is 0 Å². The maximum Gasteiger partial charge on any atom is 0.279 e. The predicted octanol–water partition coefficient (Wildman–Crippen LogP) is 3.00. The monoisotopic (exact) mass is 386 g/mol. The van der Waals surface area contributed by atoms with Gasteiger partial charge in [-0.25, -0.2) is 0 Å². The molecule has 2 amide bonds. The summed E-state index contributed by atoms with van der Waals surface area (Å²) in [6.45, 7) is 3.60. The number of hydrogen-bond donors (Lipinski definition) is 2. The normalized spacial score (nSPS) is 10.4. The number of benzene rings is 1. The third kappa shape index (κ3) is 3.85. The number of carbonyl (C=O) groups excluding carboxylic acids is 2. The SMILES string of the molecule is Cc1noc(C)c1-c1ccc(C(=O)NNC(=O)c2cccc([N+](=O)[O-])c2)s1. The third-order valence-corrected chi connectivity index (χ3v) is 4.82. The number of nitrogens with one attached hydrogen (secondary N) is 2. The zero-order valence-electron chi connectivity index (χ0n) is 14.3. The summed E-state index contributed by atoms with van der Waals surface area (Å²) in [5.74, 6) is -0.508. The molecule has 0 bridgehead atoms. The summed E-state index contributed by atoms with van der Waals surface area (Å²) in [6, 6.07) is 8.61. The largest absolute Gasteiger partial charge is 0.361 e. The summed E-state index contributed by atoms with van der Waals surface area (Å²) in [5.41, 5.74) is 5.95. The standard InChI is InChI=1S/C17H14N4O5S/c1-9-15(10(2)26-20-9)13-6-7-14(27-13)17(23)19-18-16(22)11-4-3-5-12(8-11)21(24)25/h3-8H,1-2H3,(H,18,22)(H,19,23). The molecular weight excluding hydrogens is 372 g/mol. The van der Waals surface area contributed by atoms with Crippen LogP contribution in [0.25, 0.3) is 10.4 Å². The van der Waals surface area contributed by atoms with E-state index >= 15 is 0 Å². The van der Waals surface area contributed by atoms with E-state index in [0.717, 1.165) is 22.2 Å². The summed E-state index contributed by atoms with van der Waals surface area (Å²) < 4.78 is 5.13. The fourth-order valence-corrected chi connectivity index (χ4v) is 3.48. The van der Waals surface area contributed by atoms with Gasteiger partial charge in [-0.2, -0.15) is 0 Å². The number of aryl methyl sites for hydroxylation is 2. The van der Waals surface area contributed by atoms with Gasteiger partial charge in [-0.15, -0.1) is 11.3 Å². The summed E-state index contributed by atoms with van der Waals surface area (Å²) in [5, 5.41) is 14.7. The number of aromatic nitrogens is 1. The average molecular weight is 386 g/mol. The lowest BCUT2D eigenvalue weighted by atomic mass is 10.2. The van der Waals surface area contributed by atoms with E-state index in [1.54, 1.807) is 19.1 Å². The Morgan fingerprint density at radius 3 is 2.56 bits per heavy atom. The first-order valence-corrected chi connectivity index (χ1v) is 8.56. The number of rotatable bonds is 4. The van der Waals surface area contributed by atoms with Crippen LogP contribution in [0, 0.1) is 24.0 Å². The molecule has 0 atom stereocenters. The van der Waals surface area contributed by atoms with E-state index in [4.69, 9.17) is 4.52 Å². The van der Waals surface area contributed by atoms with Crippen molar-refractivity contribution in [3.8, 4) is 10.4 Å². The molecule has 3 rings (SSSR count). The molecule has 2 N–H and O–H groups in total. The average Bonchev–Trinajstić information content (AvgIpc) is 3.26. The molecule has 0 saturated heterocycles. The van der Waals surface area contributed by atoms with Gasteiger partial charge in [-0.05, 0) is 32.0 Å². The fourth-order valence-electron chi connectivity index (χ4n) is 2.44. The van der Waals surface area contributed by atoms with Gasteiger partial charge in [0.25, 0.3) is 17.5 Å². The van der Waals surface area contributed by atoms with Crippen molar-refractivity contribution >= 4 is 28.8 Å². The number of nitrogens with zero attached hydrogens (tertiary/aromatic N) is 2. The lowest BCUT2D eigenvalue weighted by Crippen LogP contribution is -2.41. The van der Waals surface area contributed by atoms with E-state index in [-0.39, 0.29) is 11.3 Å². The second-order valence-electron chi connectivity index (χ2n) is 5.58. The van der Waals surface area contributed by atoms with E-state index in [9.17, 15) is 19.7 Å². The molecule has 10 heteroatoms. The molecule has 0 aliphatic rings. The van der Waals surface area contributed by atoms with E-state index < -0.39 is 16.7 Å². The highest BCUT2D eigenvalue weighted by Crippen LogP contribution is 2.32. The zero-order chi connectivity index (χ0) is 19.6. The minimum absolute atomic E-state index is 0.0621. The molecule has 3 aromatic rings. The molecule has 2 heterocycles. The lowest BCUT2D eigenvalue weighted by molar-refractivity contribution is -0.384. The summed E-state index contributed by atoms with van der Waals surface area (Å²) >= 11 is 1.23. The zero-order valence-corrected chi connectivity index (χ0v) is 15.1. The van der Waals surface area contributed by atoms with Crippen LogP contribution in [-0.2, 0) is 0 Å². The van der Waals surface area contributed by atoms with Crippen molar-refractivity contribution < 1.29 is 19.0 Å². The highest BCUT2D eigenvalue weighted by atomic mass is 32.1. The van der Waals surface area contributed by atoms with E-state index in [0.29, 0.717) is 10.6 Å². The van der Waals surface area contributed by atoms with Crippen LogP contribution in [0.15, 0.2) is 40.9 Å². The van der Waals surface area contributed by atoms with Gasteiger partial charge in [-0.3, -0.25) is 30.6 Å². The van der Waals surface area contributed by atoms with Gasteiger partial charge in [0, 0.05) is 22.6 Å². The van der Waals surface area contributed by atoms with E-state index in [2.05, 4.69) is 16.0 Å². The van der Waals surface area contributed by atoms with Crippen molar-refractivity contribution in [1.82, 2.24) is 16.0 Å². The Hall–Kier alpha value is -3.53. The fraction of sp³-hybridized carbons (Fsp3) is 0.118. The van der Waals surface area contributed by atoms with Gasteiger partial charge < -0.3 is 4.52 Å². The second kappa shape index (κ2) is 7.38. The maximum absolute atomic E-state index is 12.2. The van der Waals surface area contributed by atoms with Crippen LogP contribution in [0.4, 0.5) is 5.69 Å². The van der Waals surface area contributed by atoms with Crippen LogP contribution in [0.2, 0.25) is 0 Å². The highest BCUT2D eigenvalue weighted by Gasteiger charge is 2.17. The Morgan fingerprint density at radius 1 is 1.15 bits per heavy atom. The lowest BCUT2D eigenvalue weighted by Gasteiger charge is -2.06. The van der Waals surface area contributed by atoms with Crippen LogP contribution in [0.5, 0.6) is 0 Å². The van der Waals surface area contributed by atoms with Crippen molar-refractivity contribution in [2.75, 3.05) is 0 Å². The van der Waals surface area contributed by atoms with Crippen molar-refractivity contribution in [2.24, 2.45) is 0 Å². The predicted molar refractivity (Wildman–Crippen MR) is 97.3 cm³/mol. The first kappa shape index (κ1) is 18.3. The van der Waals surface area contributed by atoms with Crippen molar-refractivity contribution in [3.05, 3.63) is 68.4 Å². The number of amides is 2. The minimum Gasteiger partial charge on any atom is -0.361 e. The Balaban J connectivity index is 1.67. The van der Waals surface area contributed by atoms with Crippen molar-refractivity contribution in [2.45, 2.75) is 13.8 Å². The molecule has 0 radical (unpaired) electrons. The number of carbonyl (C=O) groups is 2. The van der Waals surface area contributed by atoms with Crippen LogP contribution >= 0.6 is 11.3 Å². The summed E-state index contributed by atoms with van der Waals surface area (Å²) in [7, 11) is 0. The van der Waals surface area contributed by atoms with Gasteiger partial charge in [0.15, 0.2) is 0 Å². The van der Waals surface area contributed by atoms with E-state index in [1.165, 1.54) is 29.5 Å². The number of hydrazine groups is 1. The summed E-state index contributed by atoms with van der Waals surface area (Å²) in [6.07, 6.45) is 0. The number of thiophene rings is 1. The number of hydrogen-bond acceptors (Lipinski definition) is 7. The summed E-state index contributed by atoms with van der Waals surface area (Å²) in [4.78, 5) is 35.7. The van der Waals surface area contributed by atoms with Crippen LogP contribution in [0.1, 0.15) is 31.5 Å². The molecular formula is C17H14N4O5S. The first-order chi connectivity index (χ1) is 12.9. The molecule has 0 unspecified atom stereocenters. The molecule has 0 fully saturated rings. The topological polar surface area (TPSA) is 127 Å². The first-order valence-electron chi connectivity index (χ1n) is 7.75. The molecule has 0 saturated carbocycles. The number of non-ortho nitro benzene ring substituents is 1. The van der Waals surface area contributed by atoms with Gasteiger partial charge in [0.1, 0.15) is 5.76 Å². The molecule has 9 nitrogen and oxygen atoms in total. The van der Waals surface area contributed by atoms with Crippen LogP contribution < -0.4 is 10.9 Å². The van der Waals surface area contributed by atoms with Crippen molar-refractivity contribution in [3.63, 3.8) is 0 Å². The van der Waals surface area contributed by atoms with Crippen LogP contribution in [0.3, 0.4) is 0 Å². The third-order valence-electron chi connectivity index (χ3n) is 3.72. The van der Waals surface area contributed by atoms with Crippen LogP contribution in [-0.4, -0.2) is 21.9 Å². The van der Waals surface area contributed by atoms with E-state index in [1.807, 2.05) is 6.92 Å². The number of nitro benzene ring substituents is 1. The Kier molecular flexibility index (Phi) is 4.99. The molecule has 2 aromatic heterocycles. The molecule has 1 aromatic carbocycles. The maximum atomic E-state index is 12.2. The minimum atomic E-state index is -0.658. The molecule has 0 spiro atoms.